The third kappa shape index (κ3) is 3.49. The lowest BCUT2D eigenvalue weighted by molar-refractivity contribution is -0.117. The molecular weight excluding hydrogens is 282 g/mol. The van der Waals surface area contributed by atoms with E-state index >= 15 is 0 Å². The maximum atomic E-state index is 12.4. The van der Waals surface area contributed by atoms with Gasteiger partial charge in [-0.2, -0.15) is 0 Å². The first-order valence-corrected chi connectivity index (χ1v) is 8.44. The molecule has 114 valence electrons. The second-order valence-corrected chi connectivity index (χ2v) is 7.06. The Labute approximate surface area is 131 Å². The zero-order valence-electron chi connectivity index (χ0n) is 13.2. The van der Waals surface area contributed by atoms with Crippen LogP contribution < -0.4 is 4.90 Å². The van der Waals surface area contributed by atoms with Gasteiger partial charge in [-0.3, -0.25) is 9.59 Å². The molecule has 1 aromatic rings. The molecule has 4 heteroatoms. The molecule has 0 bridgehead atoms. The zero-order chi connectivity index (χ0) is 15.6. The lowest BCUT2D eigenvalue weighted by Gasteiger charge is -2.24. The van der Waals surface area contributed by atoms with Crippen LogP contribution >= 0.6 is 11.8 Å². The van der Waals surface area contributed by atoms with Gasteiger partial charge >= 0.3 is 0 Å². The molecular formula is C17H23NO2S. The molecule has 1 atom stereocenters. The first kappa shape index (κ1) is 16.1. The third-order valence-corrected chi connectivity index (χ3v) is 4.85. The first-order valence-electron chi connectivity index (χ1n) is 7.56. The Balaban J connectivity index is 2.37. The summed E-state index contributed by atoms with van der Waals surface area (Å²) in [5, 5.41) is 0.177. The van der Waals surface area contributed by atoms with Crippen LogP contribution in [0.15, 0.2) is 12.1 Å². The van der Waals surface area contributed by atoms with E-state index in [1.54, 1.807) is 6.92 Å². The van der Waals surface area contributed by atoms with E-state index in [0.29, 0.717) is 13.0 Å². The number of benzene rings is 1. The molecule has 1 aliphatic heterocycles. The van der Waals surface area contributed by atoms with Gasteiger partial charge in [-0.1, -0.05) is 43.3 Å². The standard InChI is InChI=1S/C17H23NO2S/c1-5-13-7-11(3)8-14(6-2)17(13)18-10-15(9-16(18)20)21-12(4)19/h7-8,15H,5-6,9-10H2,1-4H3. The van der Waals surface area contributed by atoms with E-state index in [9.17, 15) is 9.59 Å². The highest BCUT2D eigenvalue weighted by Gasteiger charge is 2.33. The highest BCUT2D eigenvalue weighted by atomic mass is 32.2. The Morgan fingerprint density at radius 2 is 1.86 bits per heavy atom. The lowest BCUT2D eigenvalue weighted by atomic mass is 9.99. The van der Waals surface area contributed by atoms with Crippen molar-refractivity contribution in [2.45, 2.75) is 52.2 Å². The van der Waals surface area contributed by atoms with Crippen molar-refractivity contribution < 1.29 is 9.59 Å². The van der Waals surface area contributed by atoms with E-state index in [4.69, 9.17) is 0 Å². The van der Waals surface area contributed by atoms with Gasteiger partial charge in [0.2, 0.25) is 5.91 Å². The van der Waals surface area contributed by atoms with Crippen LogP contribution in [0.4, 0.5) is 5.69 Å². The van der Waals surface area contributed by atoms with Crippen LogP contribution in [0.2, 0.25) is 0 Å². The van der Waals surface area contributed by atoms with E-state index in [1.807, 2.05) is 4.90 Å². The van der Waals surface area contributed by atoms with Crippen molar-refractivity contribution in [1.29, 1.82) is 0 Å². The second kappa shape index (κ2) is 6.65. The fourth-order valence-electron chi connectivity index (χ4n) is 3.02. The van der Waals surface area contributed by atoms with Gasteiger partial charge in [0.25, 0.3) is 0 Å². The number of rotatable bonds is 4. The Kier molecular flexibility index (Phi) is 5.09. The smallest absolute Gasteiger partial charge is 0.228 e. The Bertz CT molecular complexity index is 543. The molecule has 2 rings (SSSR count). The van der Waals surface area contributed by atoms with Gasteiger partial charge in [0.15, 0.2) is 5.12 Å². The van der Waals surface area contributed by atoms with Gasteiger partial charge in [-0.25, -0.2) is 0 Å². The second-order valence-electron chi connectivity index (χ2n) is 5.58. The average molecular weight is 305 g/mol. The number of carbonyl (C=O) groups excluding carboxylic acids is 2. The van der Waals surface area contributed by atoms with Crippen LogP contribution in [0.3, 0.4) is 0 Å². The number of hydrogen-bond acceptors (Lipinski definition) is 3. The van der Waals surface area contributed by atoms with Crippen LogP contribution in [-0.2, 0) is 22.4 Å². The van der Waals surface area contributed by atoms with Crippen molar-refractivity contribution in [3.8, 4) is 0 Å². The van der Waals surface area contributed by atoms with Gasteiger partial charge in [0, 0.05) is 25.1 Å². The molecule has 0 N–H and O–H groups in total. The molecule has 1 amide bonds. The van der Waals surface area contributed by atoms with Gasteiger partial charge in [0.05, 0.1) is 5.69 Å². The molecule has 1 saturated heterocycles. The third-order valence-electron chi connectivity index (χ3n) is 3.87. The van der Waals surface area contributed by atoms with Crippen LogP contribution in [0.5, 0.6) is 0 Å². The van der Waals surface area contributed by atoms with Crippen molar-refractivity contribution >= 4 is 28.5 Å². The topological polar surface area (TPSA) is 37.4 Å². The van der Waals surface area contributed by atoms with E-state index in [1.165, 1.54) is 28.5 Å². The van der Waals surface area contributed by atoms with Crippen molar-refractivity contribution in [3.05, 3.63) is 28.8 Å². The minimum absolute atomic E-state index is 0.0880. The van der Waals surface area contributed by atoms with Crippen molar-refractivity contribution in [2.24, 2.45) is 0 Å². The normalized spacial score (nSPS) is 18.4. The number of amides is 1. The molecule has 1 unspecified atom stereocenters. The van der Waals surface area contributed by atoms with Gasteiger partial charge < -0.3 is 4.90 Å². The Morgan fingerprint density at radius 3 is 2.33 bits per heavy atom. The van der Waals surface area contributed by atoms with E-state index in [2.05, 4.69) is 32.9 Å². The molecule has 1 aliphatic rings. The fraction of sp³-hybridized carbons (Fsp3) is 0.529. The molecule has 0 aliphatic carbocycles. The van der Waals surface area contributed by atoms with Crippen molar-refractivity contribution in [2.75, 3.05) is 11.4 Å². The van der Waals surface area contributed by atoms with Crippen LogP contribution in [-0.4, -0.2) is 22.8 Å². The van der Waals surface area contributed by atoms with E-state index < -0.39 is 0 Å². The highest BCUT2D eigenvalue weighted by Crippen LogP contribution is 2.34. The minimum Gasteiger partial charge on any atom is -0.311 e. The van der Waals surface area contributed by atoms with E-state index in [0.717, 1.165) is 18.5 Å². The van der Waals surface area contributed by atoms with Crippen LogP contribution in [0.1, 0.15) is 43.9 Å². The summed E-state index contributed by atoms with van der Waals surface area (Å²) in [4.78, 5) is 25.6. The van der Waals surface area contributed by atoms with E-state index in [-0.39, 0.29) is 16.3 Å². The molecule has 1 aromatic carbocycles. The summed E-state index contributed by atoms with van der Waals surface area (Å²) >= 11 is 1.29. The van der Waals surface area contributed by atoms with Gasteiger partial charge in [-0.15, -0.1) is 0 Å². The largest absolute Gasteiger partial charge is 0.311 e. The Morgan fingerprint density at radius 1 is 1.29 bits per heavy atom. The summed E-state index contributed by atoms with van der Waals surface area (Å²) in [6.07, 6.45) is 2.29. The molecule has 21 heavy (non-hydrogen) atoms. The average Bonchev–Trinajstić information content (AvgIpc) is 2.77. The quantitative estimate of drug-likeness (QED) is 0.854. The minimum atomic E-state index is 0.0880. The molecule has 0 aromatic heterocycles. The molecule has 1 fully saturated rings. The maximum Gasteiger partial charge on any atom is 0.228 e. The summed E-state index contributed by atoms with van der Waals surface area (Å²) in [5.41, 5.74) is 4.79. The van der Waals surface area contributed by atoms with Gasteiger partial charge in [0.1, 0.15) is 0 Å². The number of hydrogen-bond donors (Lipinski definition) is 0. The first-order chi connectivity index (χ1) is 9.96. The van der Waals surface area contributed by atoms with Crippen LogP contribution in [0, 0.1) is 6.92 Å². The molecule has 0 saturated carbocycles. The molecule has 0 spiro atoms. The molecule has 0 radical (unpaired) electrons. The summed E-state index contributed by atoms with van der Waals surface area (Å²) in [6.45, 7) is 8.56. The number of aryl methyl sites for hydroxylation is 3. The maximum absolute atomic E-state index is 12.4. The monoisotopic (exact) mass is 305 g/mol. The van der Waals surface area contributed by atoms with Crippen molar-refractivity contribution in [3.63, 3.8) is 0 Å². The predicted octanol–water partition coefficient (Wildman–Crippen LogP) is 3.50. The summed E-state index contributed by atoms with van der Waals surface area (Å²) in [6, 6.07) is 4.35. The van der Waals surface area contributed by atoms with Crippen molar-refractivity contribution in [1.82, 2.24) is 0 Å². The molecule has 3 nitrogen and oxygen atoms in total. The summed E-state index contributed by atoms with van der Waals surface area (Å²) in [5.74, 6) is 0.141. The summed E-state index contributed by atoms with van der Waals surface area (Å²) in [7, 11) is 0. The van der Waals surface area contributed by atoms with Crippen LogP contribution in [0.25, 0.3) is 0 Å². The SMILES string of the molecule is CCc1cc(C)cc(CC)c1N1CC(SC(C)=O)CC1=O. The summed E-state index contributed by atoms with van der Waals surface area (Å²) < 4.78 is 0. The molecule has 1 heterocycles. The lowest BCUT2D eigenvalue weighted by Crippen LogP contribution is -2.27. The number of carbonyl (C=O) groups is 2. The predicted molar refractivity (Wildman–Crippen MR) is 89.0 cm³/mol. The van der Waals surface area contributed by atoms with Gasteiger partial charge in [-0.05, 0) is 30.9 Å². The Hall–Kier alpha value is -1.29. The number of thioether (sulfide) groups is 1. The highest BCUT2D eigenvalue weighted by molar-refractivity contribution is 8.14. The zero-order valence-corrected chi connectivity index (χ0v) is 14.0. The number of nitrogens with zero attached hydrogens (tertiary/aromatic N) is 1. The fourth-order valence-corrected chi connectivity index (χ4v) is 3.94. The number of anilines is 1.